The summed E-state index contributed by atoms with van der Waals surface area (Å²) in [6.45, 7) is 0.546. The fourth-order valence-corrected chi connectivity index (χ4v) is 4.32. The van der Waals surface area contributed by atoms with Gasteiger partial charge >= 0.3 is 0 Å². The van der Waals surface area contributed by atoms with Crippen molar-refractivity contribution in [1.29, 1.82) is 0 Å². The Bertz CT molecular complexity index is 1020. The van der Waals surface area contributed by atoms with Crippen LogP contribution in [0.2, 0.25) is 0 Å². The third-order valence-electron chi connectivity index (χ3n) is 3.85. The molecule has 4 aromatic rings. The monoisotopic (exact) mass is 410 g/mol. The molecule has 7 nitrogen and oxygen atoms in total. The molecule has 0 saturated heterocycles. The largest absolute Gasteiger partial charge is 0.341 e. The van der Waals surface area contributed by atoms with Gasteiger partial charge in [0, 0.05) is 4.90 Å². The van der Waals surface area contributed by atoms with E-state index in [1.807, 2.05) is 67.0 Å². The predicted molar refractivity (Wildman–Crippen MR) is 113 cm³/mol. The number of nitrogens with zero attached hydrogens (tertiary/aromatic N) is 2. The van der Waals surface area contributed by atoms with Gasteiger partial charge in [0.05, 0.1) is 34.5 Å². The number of anilines is 2. The number of benzene rings is 2. The minimum Gasteiger partial charge on any atom is -0.341 e. The zero-order chi connectivity index (χ0) is 19.2. The molecule has 0 bridgehead atoms. The second-order valence-electron chi connectivity index (χ2n) is 5.81. The highest BCUT2D eigenvalue weighted by Crippen LogP contribution is 2.34. The Morgan fingerprint density at radius 2 is 1.82 bits per heavy atom. The van der Waals surface area contributed by atoms with Gasteiger partial charge in [0.25, 0.3) is 0 Å². The van der Waals surface area contributed by atoms with Gasteiger partial charge in [-0.2, -0.15) is 0 Å². The molecule has 2 aromatic carbocycles. The summed E-state index contributed by atoms with van der Waals surface area (Å²) in [6, 6.07) is 17.6. The summed E-state index contributed by atoms with van der Waals surface area (Å²) in [5, 5.41) is 9.64. The summed E-state index contributed by atoms with van der Waals surface area (Å²) in [6.07, 6.45) is 3.67. The zero-order valence-electron chi connectivity index (χ0n) is 14.7. The van der Waals surface area contributed by atoms with Gasteiger partial charge in [-0.25, -0.2) is 15.4 Å². The topological polar surface area (TPSA) is 97.9 Å². The van der Waals surface area contributed by atoms with Crippen LogP contribution in [0.5, 0.6) is 0 Å². The molecule has 0 unspecified atom stereocenters. The number of hydrogen-bond donors (Lipinski definition) is 5. The smallest absolute Gasteiger partial charge is 0.198 e. The van der Waals surface area contributed by atoms with Crippen LogP contribution in [0, 0.1) is 0 Å². The molecule has 0 aliphatic carbocycles. The van der Waals surface area contributed by atoms with E-state index in [4.69, 9.17) is 5.21 Å². The van der Waals surface area contributed by atoms with E-state index in [0.717, 1.165) is 31.3 Å². The molecule has 0 atom stereocenters. The van der Waals surface area contributed by atoms with Crippen LogP contribution in [0.25, 0.3) is 11.3 Å². The average Bonchev–Trinajstić information content (AvgIpc) is 3.39. The van der Waals surface area contributed by atoms with Gasteiger partial charge in [-0.3, -0.25) is 16.1 Å². The van der Waals surface area contributed by atoms with E-state index in [1.165, 1.54) is 0 Å². The Kier molecular flexibility index (Phi) is 5.88. The summed E-state index contributed by atoms with van der Waals surface area (Å²) in [5.41, 5.74) is 11.1. The normalized spacial score (nSPS) is 10.8. The highest BCUT2D eigenvalue weighted by Gasteiger charge is 2.06. The SMILES string of the molecule is ONc1ccc(Sc2cnc(NNCc3ncc(-c4ccccc4)[nH]3)s2)cc1. The lowest BCUT2D eigenvalue weighted by Gasteiger charge is -2.03. The molecule has 9 heteroatoms. The van der Waals surface area contributed by atoms with Gasteiger partial charge in [0.1, 0.15) is 5.82 Å². The maximum atomic E-state index is 8.86. The van der Waals surface area contributed by atoms with E-state index in [1.54, 1.807) is 23.1 Å². The first-order valence-electron chi connectivity index (χ1n) is 8.52. The van der Waals surface area contributed by atoms with Crippen molar-refractivity contribution < 1.29 is 5.21 Å². The lowest BCUT2D eigenvalue weighted by atomic mass is 10.2. The minimum atomic E-state index is 0.546. The summed E-state index contributed by atoms with van der Waals surface area (Å²) in [5.74, 6) is 0.843. The van der Waals surface area contributed by atoms with Gasteiger partial charge in [-0.15, -0.1) is 0 Å². The van der Waals surface area contributed by atoms with Crippen molar-refractivity contribution in [2.24, 2.45) is 0 Å². The Hall–Kier alpha value is -2.85. The van der Waals surface area contributed by atoms with Gasteiger partial charge < -0.3 is 4.98 Å². The van der Waals surface area contributed by atoms with Crippen LogP contribution in [0.1, 0.15) is 5.82 Å². The van der Waals surface area contributed by atoms with Crippen molar-refractivity contribution in [2.45, 2.75) is 15.6 Å². The van der Waals surface area contributed by atoms with Gasteiger partial charge in [-0.1, -0.05) is 53.4 Å². The Morgan fingerprint density at radius 3 is 2.61 bits per heavy atom. The van der Waals surface area contributed by atoms with E-state index in [9.17, 15) is 0 Å². The lowest BCUT2D eigenvalue weighted by molar-refractivity contribution is 0.389. The van der Waals surface area contributed by atoms with Crippen molar-refractivity contribution in [3.8, 4) is 11.3 Å². The van der Waals surface area contributed by atoms with Crippen molar-refractivity contribution in [3.63, 3.8) is 0 Å². The number of aromatic amines is 1. The first kappa shape index (κ1) is 18.5. The Morgan fingerprint density at radius 1 is 1.00 bits per heavy atom. The van der Waals surface area contributed by atoms with E-state index in [0.29, 0.717) is 12.2 Å². The van der Waals surface area contributed by atoms with Crippen molar-refractivity contribution in [2.75, 3.05) is 10.9 Å². The summed E-state index contributed by atoms with van der Waals surface area (Å²) < 4.78 is 1.07. The maximum absolute atomic E-state index is 8.86. The van der Waals surface area contributed by atoms with Gasteiger partial charge in [0.15, 0.2) is 5.13 Å². The number of hydrazine groups is 1. The highest BCUT2D eigenvalue weighted by atomic mass is 32.2. The van der Waals surface area contributed by atoms with E-state index < -0.39 is 0 Å². The first-order chi connectivity index (χ1) is 13.8. The van der Waals surface area contributed by atoms with Crippen LogP contribution >= 0.6 is 23.1 Å². The molecular weight excluding hydrogens is 392 g/mol. The van der Waals surface area contributed by atoms with Crippen LogP contribution in [-0.4, -0.2) is 20.2 Å². The van der Waals surface area contributed by atoms with Crippen molar-refractivity contribution >= 4 is 33.9 Å². The van der Waals surface area contributed by atoms with Crippen LogP contribution in [0.15, 0.2) is 76.1 Å². The summed E-state index contributed by atoms with van der Waals surface area (Å²) in [4.78, 5) is 13.1. The quantitative estimate of drug-likeness (QED) is 0.271. The van der Waals surface area contributed by atoms with E-state index in [2.05, 4.69) is 31.3 Å². The Balaban J connectivity index is 1.28. The molecule has 0 aliphatic rings. The minimum absolute atomic E-state index is 0.546. The molecule has 142 valence electrons. The molecule has 0 saturated carbocycles. The number of thiazole rings is 1. The molecule has 0 aliphatic heterocycles. The fraction of sp³-hybridized carbons (Fsp3) is 0.0526. The average molecular weight is 411 g/mol. The van der Waals surface area contributed by atoms with Gasteiger partial charge in [-0.05, 0) is 29.8 Å². The second kappa shape index (κ2) is 8.89. The number of hydrogen-bond acceptors (Lipinski definition) is 8. The lowest BCUT2D eigenvalue weighted by Crippen LogP contribution is -2.21. The molecule has 2 aromatic heterocycles. The number of H-pyrrole nitrogens is 1. The molecule has 0 amide bonds. The maximum Gasteiger partial charge on any atom is 0.198 e. The molecule has 28 heavy (non-hydrogen) atoms. The van der Waals surface area contributed by atoms with Crippen LogP contribution < -0.4 is 16.3 Å². The molecule has 2 heterocycles. The standard InChI is InChI=1S/C19H18N6OS2/c26-25-14-6-8-15(9-7-14)27-18-12-21-19(28-18)24-22-11-17-20-10-16(23-17)13-4-2-1-3-5-13/h1-10,12,22,25-26H,11H2,(H,20,23)(H,21,24). The van der Waals surface area contributed by atoms with Crippen molar-refractivity contribution in [3.05, 3.63) is 72.8 Å². The van der Waals surface area contributed by atoms with E-state index >= 15 is 0 Å². The summed E-state index contributed by atoms with van der Waals surface area (Å²) in [7, 11) is 0. The van der Waals surface area contributed by atoms with Crippen molar-refractivity contribution in [1.82, 2.24) is 20.4 Å². The number of aromatic nitrogens is 3. The molecule has 5 N–H and O–H groups in total. The number of rotatable bonds is 8. The van der Waals surface area contributed by atoms with Crippen LogP contribution in [0.3, 0.4) is 0 Å². The molecular formula is C19H18N6OS2. The molecule has 0 radical (unpaired) electrons. The number of nitrogens with one attached hydrogen (secondary N) is 4. The third kappa shape index (κ3) is 4.70. The first-order valence-corrected chi connectivity index (χ1v) is 10.2. The second-order valence-corrected chi connectivity index (χ2v) is 8.22. The third-order valence-corrected chi connectivity index (χ3v) is 5.87. The van der Waals surface area contributed by atoms with Gasteiger partial charge in [0.2, 0.25) is 0 Å². The van der Waals surface area contributed by atoms with Crippen LogP contribution in [0.4, 0.5) is 10.8 Å². The predicted octanol–water partition coefficient (Wildman–Crippen LogP) is 4.60. The zero-order valence-corrected chi connectivity index (χ0v) is 16.3. The summed E-state index contributed by atoms with van der Waals surface area (Å²) >= 11 is 3.18. The number of imidazole rings is 1. The fourth-order valence-electron chi connectivity index (χ4n) is 2.50. The molecule has 0 spiro atoms. The molecule has 4 rings (SSSR count). The van der Waals surface area contributed by atoms with E-state index in [-0.39, 0.29) is 0 Å². The highest BCUT2D eigenvalue weighted by molar-refractivity contribution is 8.01. The Labute approximate surface area is 170 Å². The van der Waals surface area contributed by atoms with Crippen LogP contribution in [-0.2, 0) is 6.54 Å². The molecule has 0 fully saturated rings.